The van der Waals surface area contributed by atoms with Crippen molar-refractivity contribution in [2.24, 2.45) is 0 Å². The Kier molecular flexibility index (Phi) is 5.59. The van der Waals surface area contributed by atoms with Gasteiger partial charge >= 0.3 is 6.03 Å². The van der Waals surface area contributed by atoms with Crippen LogP contribution in [0.4, 0.5) is 10.5 Å². The predicted octanol–water partition coefficient (Wildman–Crippen LogP) is 4.67. The summed E-state index contributed by atoms with van der Waals surface area (Å²) in [5, 5.41) is 3.03. The lowest BCUT2D eigenvalue weighted by atomic mass is 9.89. The molecule has 0 aliphatic carbocycles. The molecule has 0 unspecified atom stereocenters. The zero-order valence-corrected chi connectivity index (χ0v) is 15.0. The average Bonchev–Trinajstić information content (AvgIpc) is 2.68. The van der Waals surface area contributed by atoms with Crippen LogP contribution in [0.1, 0.15) is 36.8 Å². The van der Waals surface area contributed by atoms with Crippen LogP contribution in [0.15, 0.2) is 48.5 Å². The van der Waals surface area contributed by atoms with E-state index in [1.165, 1.54) is 11.1 Å². The second kappa shape index (κ2) is 8.06. The van der Waals surface area contributed by atoms with Gasteiger partial charge in [0.15, 0.2) is 0 Å². The quantitative estimate of drug-likeness (QED) is 0.880. The maximum Gasteiger partial charge on any atom is 0.321 e. The van der Waals surface area contributed by atoms with Gasteiger partial charge in [0.05, 0.1) is 7.11 Å². The molecule has 0 aromatic heterocycles. The number of benzene rings is 2. The number of urea groups is 1. The standard InChI is InChI=1S/C21H26N2O2/c1-3-16-7-6-8-18(15-16)22-21(24)23-13-11-17(12-14-23)19-9-4-5-10-20(19)25-2/h4-10,15,17H,3,11-14H2,1-2H3,(H,22,24). The molecule has 0 radical (unpaired) electrons. The largest absolute Gasteiger partial charge is 0.496 e. The third-order valence-corrected chi connectivity index (χ3v) is 4.95. The number of para-hydroxylation sites is 1. The third kappa shape index (κ3) is 4.13. The summed E-state index contributed by atoms with van der Waals surface area (Å²) >= 11 is 0. The van der Waals surface area contributed by atoms with Crippen molar-refractivity contribution in [1.82, 2.24) is 4.90 Å². The first-order valence-corrected chi connectivity index (χ1v) is 8.99. The summed E-state index contributed by atoms with van der Waals surface area (Å²) in [6.07, 6.45) is 2.89. The fourth-order valence-electron chi connectivity index (χ4n) is 3.47. The third-order valence-electron chi connectivity index (χ3n) is 4.95. The highest BCUT2D eigenvalue weighted by atomic mass is 16.5. The Balaban J connectivity index is 1.59. The van der Waals surface area contributed by atoms with Crippen molar-refractivity contribution in [1.29, 1.82) is 0 Å². The van der Waals surface area contributed by atoms with E-state index in [2.05, 4.69) is 30.4 Å². The summed E-state index contributed by atoms with van der Waals surface area (Å²) in [7, 11) is 1.71. The van der Waals surface area contributed by atoms with Gasteiger partial charge in [-0.05, 0) is 54.5 Å². The highest BCUT2D eigenvalue weighted by Gasteiger charge is 2.25. The highest BCUT2D eigenvalue weighted by molar-refractivity contribution is 5.89. The van der Waals surface area contributed by atoms with Crippen LogP contribution in [0.25, 0.3) is 0 Å². The highest BCUT2D eigenvalue weighted by Crippen LogP contribution is 2.34. The minimum atomic E-state index is -0.00766. The molecule has 2 aromatic rings. The zero-order chi connectivity index (χ0) is 17.6. The number of carbonyl (C=O) groups excluding carboxylic acids is 1. The first-order valence-electron chi connectivity index (χ1n) is 8.99. The normalized spacial score (nSPS) is 15.0. The Bertz CT molecular complexity index is 721. The fourth-order valence-corrected chi connectivity index (χ4v) is 3.47. The fraction of sp³-hybridized carbons (Fsp3) is 0.381. The number of hydrogen-bond acceptors (Lipinski definition) is 2. The van der Waals surface area contributed by atoms with E-state index >= 15 is 0 Å². The monoisotopic (exact) mass is 338 g/mol. The van der Waals surface area contributed by atoms with Gasteiger partial charge in [-0.15, -0.1) is 0 Å². The van der Waals surface area contributed by atoms with Crippen LogP contribution in [0.2, 0.25) is 0 Å². The first kappa shape index (κ1) is 17.3. The van der Waals surface area contributed by atoms with Crippen LogP contribution in [-0.4, -0.2) is 31.1 Å². The SMILES string of the molecule is CCc1cccc(NC(=O)N2CCC(c3ccccc3OC)CC2)c1. The number of ether oxygens (including phenoxy) is 1. The number of methoxy groups -OCH3 is 1. The van der Waals surface area contributed by atoms with E-state index < -0.39 is 0 Å². The van der Waals surface area contributed by atoms with E-state index in [-0.39, 0.29) is 6.03 Å². The molecule has 1 fully saturated rings. The van der Waals surface area contributed by atoms with Crippen molar-refractivity contribution >= 4 is 11.7 Å². The molecule has 1 aliphatic heterocycles. The maximum absolute atomic E-state index is 12.5. The van der Waals surface area contributed by atoms with E-state index in [4.69, 9.17) is 4.74 Å². The van der Waals surface area contributed by atoms with Crippen molar-refractivity contribution in [3.8, 4) is 5.75 Å². The number of likely N-dealkylation sites (tertiary alicyclic amines) is 1. The van der Waals surface area contributed by atoms with Crippen LogP contribution in [-0.2, 0) is 6.42 Å². The second-order valence-corrected chi connectivity index (χ2v) is 6.49. The molecule has 0 bridgehead atoms. The molecular formula is C21H26N2O2. The molecule has 25 heavy (non-hydrogen) atoms. The average molecular weight is 338 g/mol. The number of nitrogens with one attached hydrogen (secondary N) is 1. The number of piperidine rings is 1. The molecule has 2 aromatic carbocycles. The zero-order valence-electron chi connectivity index (χ0n) is 15.0. The number of nitrogens with zero attached hydrogens (tertiary/aromatic N) is 1. The Hall–Kier alpha value is -2.49. The van der Waals surface area contributed by atoms with Gasteiger partial charge in [-0.3, -0.25) is 0 Å². The van der Waals surface area contributed by atoms with Crippen molar-refractivity contribution in [2.45, 2.75) is 32.1 Å². The summed E-state index contributed by atoms with van der Waals surface area (Å²) in [6.45, 7) is 3.65. The van der Waals surface area contributed by atoms with Gasteiger partial charge in [0.25, 0.3) is 0 Å². The molecular weight excluding hydrogens is 312 g/mol. The van der Waals surface area contributed by atoms with Crippen LogP contribution < -0.4 is 10.1 Å². The van der Waals surface area contributed by atoms with E-state index in [1.54, 1.807) is 7.11 Å². The van der Waals surface area contributed by atoms with Crippen molar-refractivity contribution in [3.63, 3.8) is 0 Å². The van der Waals surface area contributed by atoms with Gasteiger partial charge in [0.2, 0.25) is 0 Å². The van der Waals surface area contributed by atoms with Gasteiger partial charge in [0, 0.05) is 18.8 Å². The molecule has 1 aliphatic rings. The molecule has 3 rings (SSSR count). The molecule has 0 spiro atoms. The van der Waals surface area contributed by atoms with E-state index in [0.29, 0.717) is 5.92 Å². The lowest BCUT2D eigenvalue weighted by Gasteiger charge is -2.32. The number of amides is 2. The molecule has 1 saturated heterocycles. The lowest BCUT2D eigenvalue weighted by molar-refractivity contribution is 0.194. The van der Waals surface area contributed by atoms with Gasteiger partial charge in [-0.25, -0.2) is 4.79 Å². The number of carbonyl (C=O) groups is 1. The van der Waals surface area contributed by atoms with Gasteiger partial charge in [0.1, 0.15) is 5.75 Å². The van der Waals surface area contributed by atoms with Crippen LogP contribution in [0.5, 0.6) is 5.75 Å². The lowest BCUT2D eigenvalue weighted by Crippen LogP contribution is -2.40. The summed E-state index contributed by atoms with van der Waals surface area (Å²) in [4.78, 5) is 14.4. The minimum absolute atomic E-state index is 0.00766. The van der Waals surface area contributed by atoms with Crippen molar-refractivity contribution < 1.29 is 9.53 Å². The number of hydrogen-bond donors (Lipinski definition) is 1. The van der Waals surface area contributed by atoms with Crippen LogP contribution in [0.3, 0.4) is 0 Å². The van der Waals surface area contributed by atoms with Crippen LogP contribution in [0, 0.1) is 0 Å². The molecule has 1 heterocycles. The first-order chi connectivity index (χ1) is 12.2. The summed E-state index contributed by atoms with van der Waals surface area (Å²) in [5.41, 5.74) is 3.35. The topological polar surface area (TPSA) is 41.6 Å². The van der Waals surface area contributed by atoms with Crippen molar-refractivity contribution in [2.75, 3.05) is 25.5 Å². The van der Waals surface area contributed by atoms with Crippen molar-refractivity contribution in [3.05, 3.63) is 59.7 Å². The molecule has 2 amide bonds. The maximum atomic E-state index is 12.5. The number of anilines is 1. The Morgan fingerprint density at radius 1 is 1.16 bits per heavy atom. The van der Waals surface area contributed by atoms with E-state index in [9.17, 15) is 4.79 Å². The Morgan fingerprint density at radius 3 is 2.64 bits per heavy atom. The molecule has 132 valence electrons. The summed E-state index contributed by atoms with van der Waals surface area (Å²) in [5.74, 6) is 1.39. The van der Waals surface area contributed by atoms with Gasteiger partial charge in [-0.1, -0.05) is 37.3 Å². The second-order valence-electron chi connectivity index (χ2n) is 6.49. The van der Waals surface area contributed by atoms with Gasteiger partial charge in [-0.2, -0.15) is 0 Å². The molecule has 0 saturated carbocycles. The summed E-state index contributed by atoms with van der Waals surface area (Å²) in [6, 6.07) is 16.2. The van der Waals surface area contributed by atoms with Gasteiger partial charge < -0.3 is 15.0 Å². The van der Waals surface area contributed by atoms with Crippen LogP contribution >= 0.6 is 0 Å². The smallest absolute Gasteiger partial charge is 0.321 e. The Morgan fingerprint density at radius 2 is 1.92 bits per heavy atom. The molecule has 1 N–H and O–H groups in total. The number of rotatable bonds is 4. The van der Waals surface area contributed by atoms with E-state index in [0.717, 1.165) is 43.8 Å². The molecule has 0 atom stereocenters. The minimum Gasteiger partial charge on any atom is -0.496 e. The summed E-state index contributed by atoms with van der Waals surface area (Å²) < 4.78 is 5.48. The molecule has 4 nitrogen and oxygen atoms in total. The number of aryl methyl sites for hydroxylation is 1. The Labute approximate surface area is 149 Å². The predicted molar refractivity (Wildman–Crippen MR) is 101 cm³/mol. The molecule has 4 heteroatoms. The van der Waals surface area contributed by atoms with E-state index in [1.807, 2.05) is 35.2 Å².